The Balaban J connectivity index is 1.12. The summed E-state index contributed by atoms with van der Waals surface area (Å²) in [5.74, 6) is 32.4. The Morgan fingerprint density at radius 3 is 0.547 bits per heavy atom. The number of hydrogen-bond acceptors (Lipinski definition) is 12. The van der Waals surface area contributed by atoms with Crippen molar-refractivity contribution in [2.45, 2.75) is 427 Å². The van der Waals surface area contributed by atoms with Gasteiger partial charge in [-0.25, -0.2) is 0 Å². The van der Waals surface area contributed by atoms with E-state index >= 15 is 0 Å². The van der Waals surface area contributed by atoms with Gasteiger partial charge in [-0.3, -0.25) is 9.59 Å². The van der Waals surface area contributed by atoms with Crippen molar-refractivity contribution in [1.29, 1.82) is 0 Å². The first kappa shape index (κ1) is 122. The zero-order valence-corrected chi connectivity index (χ0v) is 93.2. The van der Waals surface area contributed by atoms with Gasteiger partial charge in [0.2, 0.25) is 0 Å². The highest BCUT2D eigenvalue weighted by Crippen LogP contribution is 2.36. The Morgan fingerprint density at radius 1 is 0.193 bits per heavy atom. The molecule has 14 nitrogen and oxygen atoms in total. The third kappa shape index (κ3) is 53.2. The van der Waals surface area contributed by atoms with Crippen LogP contribution in [0.5, 0.6) is 34.5 Å². The number of rotatable bonds is 80. The van der Waals surface area contributed by atoms with Gasteiger partial charge in [-0.15, -0.1) is 0 Å². The normalized spacial score (nSPS) is 11.1. The van der Waals surface area contributed by atoms with E-state index in [0.29, 0.717) is 141 Å². The van der Waals surface area contributed by atoms with Gasteiger partial charge >= 0.3 is 0 Å². The molecule has 2 N–H and O–H groups in total. The predicted octanol–water partition coefficient (Wildman–Crippen LogP) is 40.4. The average molecular weight is 2030 g/mol. The molecule has 14 heteroatoms. The fourth-order valence-corrected chi connectivity index (χ4v) is 18.4. The number of hydrogen-bond donors (Lipinski definition) is 2. The Labute approximate surface area is 907 Å². The molecule has 0 bridgehead atoms. The number of benzene rings is 9. The van der Waals surface area contributed by atoms with Gasteiger partial charge in [0.25, 0.3) is 11.8 Å². The van der Waals surface area contributed by atoms with Crippen LogP contribution in [0.15, 0.2) is 215 Å². The van der Waals surface area contributed by atoms with Crippen LogP contribution < -0.4 is 39.1 Å². The summed E-state index contributed by atoms with van der Waals surface area (Å²) in [5.41, 5.74) is 10.9. The standard InChI is InChI=1S/C136H184N6O8/c1-7-13-19-25-31-37-43-49-55-67-101-145-129-109-119(131(147-103-69-57-51-45-39-33-27-21-15-9-3)107-117(129)83-77-113-79-93-123(94-80-113)137-135(143)115-89-97-127(98-90-115)141-139-125-73-63-61-64-74-125)85-87-121-111-134(150-106-72-60-54-48-42-36-30-24-18-12-6)122(112-133(121)149-105-71-59-53-47-41-35-29-23-17-11-5)88-86-120-110-130(146-102-68-56-50-44-38-32-26-20-14-8-2)118(108-132(120)148-104-70-58-52-46-40-34-28-22-16-10-4)84-78-114-81-95-124(96-82-114)138-136(144)116-91-99-128(100-92-116)142-140-126-75-65-62-66-76-126/h61-66,73-76,79-82,89-100,107-112H,7-60,67-72,101-106H2,1-6H3,(H,137,143)(H,138,144). The van der Waals surface area contributed by atoms with Crippen molar-refractivity contribution in [2.75, 3.05) is 50.3 Å². The Hall–Kier alpha value is -11.8. The van der Waals surface area contributed by atoms with Gasteiger partial charge in [0.15, 0.2) is 0 Å². The van der Waals surface area contributed by atoms with Crippen LogP contribution >= 0.6 is 0 Å². The molecule has 0 atom stereocenters. The number of carbonyl (C=O) groups excluding carboxylic acids is 2. The first-order valence-corrected chi connectivity index (χ1v) is 59.5. The van der Waals surface area contributed by atoms with E-state index in [-0.39, 0.29) is 11.8 Å². The molecule has 0 heterocycles. The molecule has 0 unspecified atom stereocenters. The number of nitrogens with one attached hydrogen (secondary N) is 2. The number of nitrogens with zero attached hydrogens (tertiary/aromatic N) is 4. The topological polar surface area (TPSA) is 163 Å². The van der Waals surface area contributed by atoms with Gasteiger partial charge in [0, 0.05) is 70.0 Å². The summed E-state index contributed by atoms with van der Waals surface area (Å²) in [7, 11) is 0. The number of carbonyl (C=O) groups is 2. The third-order valence-electron chi connectivity index (χ3n) is 27.7. The lowest BCUT2D eigenvalue weighted by atomic mass is 10.0. The minimum atomic E-state index is -0.233. The van der Waals surface area contributed by atoms with E-state index in [4.69, 9.17) is 28.4 Å². The molecule has 0 aliphatic heterocycles. The highest BCUT2D eigenvalue weighted by Gasteiger charge is 2.19. The zero-order chi connectivity index (χ0) is 105. The van der Waals surface area contributed by atoms with Crippen LogP contribution in [0.3, 0.4) is 0 Å². The summed E-state index contributed by atoms with van der Waals surface area (Å²) < 4.78 is 42.3. The first-order valence-electron chi connectivity index (χ1n) is 59.5. The highest BCUT2D eigenvalue weighted by molar-refractivity contribution is 6.05. The Kier molecular flexibility index (Phi) is 65.0. The lowest BCUT2D eigenvalue weighted by Crippen LogP contribution is -2.11. The van der Waals surface area contributed by atoms with Crippen molar-refractivity contribution in [2.24, 2.45) is 20.5 Å². The number of amides is 2. The smallest absolute Gasteiger partial charge is 0.255 e. The van der Waals surface area contributed by atoms with Crippen LogP contribution in [0, 0.1) is 47.4 Å². The summed E-state index contributed by atoms with van der Waals surface area (Å²) in [5, 5.41) is 23.6. The molecule has 0 fully saturated rings. The molecular weight excluding hydrogens is 1850 g/mol. The Morgan fingerprint density at radius 2 is 0.360 bits per heavy atom. The van der Waals surface area contributed by atoms with Crippen molar-refractivity contribution < 1.29 is 38.0 Å². The lowest BCUT2D eigenvalue weighted by molar-refractivity contribution is 0.101. The van der Waals surface area contributed by atoms with Crippen molar-refractivity contribution >= 4 is 45.9 Å². The number of unbranched alkanes of at least 4 members (excludes halogenated alkanes) is 54. The summed E-state index contributed by atoms with van der Waals surface area (Å²) in [6, 6.07) is 61.1. The van der Waals surface area contributed by atoms with Gasteiger partial charge in [-0.2, -0.15) is 20.5 Å². The molecule has 0 saturated carbocycles. The van der Waals surface area contributed by atoms with E-state index in [1.807, 2.05) is 121 Å². The van der Waals surface area contributed by atoms with Gasteiger partial charge in [0.1, 0.15) is 34.5 Å². The van der Waals surface area contributed by atoms with Crippen LogP contribution in [-0.4, -0.2) is 51.5 Å². The minimum absolute atomic E-state index is 0.233. The van der Waals surface area contributed by atoms with Crippen LogP contribution in [-0.2, 0) is 0 Å². The van der Waals surface area contributed by atoms with Crippen LogP contribution in [0.4, 0.5) is 34.1 Å². The lowest BCUT2D eigenvalue weighted by Gasteiger charge is -2.15. The van der Waals surface area contributed by atoms with E-state index in [1.165, 1.54) is 270 Å². The average Bonchev–Trinajstić information content (AvgIpc) is 0.803. The molecule has 9 aromatic rings. The summed E-state index contributed by atoms with van der Waals surface area (Å²) in [6.45, 7) is 16.8. The fourth-order valence-electron chi connectivity index (χ4n) is 18.4. The van der Waals surface area contributed by atoms with Crippen molar-refractivity contribution in [3.05, 3.63) is 250 Å². The maximum absolute atomic E-state index is 13.7. The van der Waals surface area contributed by atoms with E-state index in [9.17, 15) is 9.59 Å². The molecule has 0 spiro atoms. The molecule has 2 amide bonds. The van der Waals surface area contributed by atoms with E-state index in [2.05, 4.69) is 144 Å². The Bertz CT molecular complexity index is 5130. The maximum Gasteiger partial charge on any atom is 0.255 e. The summed E-state index contributed by atoms with van der Waals surface area (Å²) >= 11 is 0. The van der Waals surface area contributed by atoms with Gasteiger partial charge < -0.3 is 39.1 Å². The van der Waals surface area contributed by atoms with Gasteiger partial charge in [-0.05, 0) is 160 Å². The molecular formula is C136H184N6O8. The zero-order valence-electron chi connectivity index (χ0n) is 93.2. The quantitative estimate of drug-likeness (QED) is 0.0216. The second-order valence-corrected chi connectivity index (χ2v) is 40.9. The molecule has 0 aromatic heterocycles. The molecule has 9 rings (SSSR count). The monoisotopic (exact) mass is 2030 g/mol. The second-order valence-electron chi connectivity index (χ2n) is 40.9. The number of azo groups is 2. The minimum Gasteiger partial charge on any atom is -0.492 e. The number of ether oxygens (including phenoxy) is 6. The molecule has 9 aromatic carbocycles. The molecule has 150 heavy (non-hydrogen) atoms. The molecule has 0 aliphatic carbocycles. The number of anilines is 2. The SMILES string of the molecule is CCCCCCCCCCCCOc1cc(C#Cc2cc(OCCCCCCCCCCCC)c(C#Cc3cc(OCCCCCCCCCCCC)c(C#Cc4ccc(NC(=O)c5ccc(N=Nc6ccccc6)cc5)cc4)cc3OCCCCCCCCCCCC)cc2OCCCCCCCCCCCC)c(OCCCCCCCCCCCC)cc1C#Cc1ccc(NC(=O)c2ccc(N=Nc3ccccc3)cc2)cc1. The van der Waals surface area contributed by atoms with E-state index < -0.39 is 0 Å². The first-order chi connectivity index (χ1) is 74.1. The van der Waals surface area contributed by atoms with Crippen LogP contribution in [0.1, 0.15) is 492 Å². The van der Waals surface area contributed by atoms with Crippen LogP contribution in [0.25, 0.3) is 0 Å². The van der Waals surface area contributed by atoms with E-state index in [0.717, 1.165) is 138 Å². The molecule has 806 valence electrons. The molecule has 0 radical (unpaired) electrons. The highest BCUT2D eigenvalue weighted by atomic mass is 16.5. The second kappa shape index (κ2) is 80.1. The largest absolute Gasteiger partial charge is 0.492 e. The van der Waals surface area contributed by atoms with E-state index in [1.54, 1.807) is 48.5 Å². The molecule has 0 aliphatic rings. The van der Waals surface area contributed by atoms with Crippen molar-refractivity contribution in [1.82, 2.24) is 0 Å². The molecule has 0 saturated heterocycles. The fraction of sp³-hybridized carbons (Fsp3) is 0.529. The van der Waals surface area contributed by atoms with Gasteiger partial charge in [-0.1, -0.05) is 472 Å². The maximum atomic E-state index is 13.7. The summed E-state index contributed by atoms with van der Waals surface area (Å²) in [4.78, 5) is 27.4. The third-order valence-corrected chi connectivity index (χ3v) is 27.7. The van der Waals surface area contributed by atoms with Crippen LogP contribution in [0.2, 0.25) is 0 Å². The summed E-state index contributed by atoms with van der Waals surface area (Å²) in [6.07, 6.45) is 72.6. The van der Waals surface area contributed by atoms with Crippen molar-refractivity contribution in [3.63, 3.8) is 0 Å². The van der Waals surface area contributed by atoms with Gasteiger partial charge in [0.05, 0.1) is 95.8 Å². The van der Waals surface area contributed by atoms with Crippen molar-refractivity contribution in [3.8, 4) is 81.9 Å². The predicted molar refractivity (Wildman–Crippen MR) is 630 cm³/mol.